The zero-order valence-electron chi connectivity index (χ0n) is 13.6. The molecule has 0 aliphatic carbocycles. The number of hydrogen-bond acceptors (Lipinski definition) is 4. The van der Waals surface area contributed by atoms with Crippen molar-refractivity contribution in [1.82, 2.24) is 4.90 Å². The van der Waals surface area contributed by atoms with Gasteiger partial charge in [-0.2, -0.15) is 11.3 Å². The topological polar surface area (TPSA) is 92.5 Å². The third-order valence-electron chi connectivity index (χ3n) is 3.24. The Bertz CT molecular complexity index is 787. The molecule has 0 bridgehead atoms. The number of carbonyl (C=O) groups excluding carboxylic acids is 1. The van der Waals surface area contributed by atoms with Crippen LogP contribution in [0.3, 0.4) is 0 Å². The molecule has 0 radical (unpaired) electrons. The van der Waals surface area contributed by atoms with Crippen molar-refractivity contribution in [2.75, 3.05) is 11.9 Å². The van der Waals surface area contributed by atoms with E-state index in [-0.39, 0.29) is 10.9 Å². The van der Waals surface area contributed by atoms with Crippen molar-refractivity contribution in [3.63, 3.8) is 0 Å². The molecule has 0 atom stereocenters. The largest absolute Gasteiger partial charge is 0.322 e. The number of carbonyl (C=O) groups is 1. The lowest BCUT2D eigenvalue weighted by molar-refractivity contribution is 0.201. The summed E-state index contributed by atoms with van der Waals surface area (Å²) in [4.78, 5) is 14.2. The lowest BCUT2D eigenvalue weighted by atomic mass is 10.2. The Hall–Kier alpha value is -1.90. The van der Waals surface area contributed by atoms with Crippen LogP contribution in [0.25, 0.3) is 0 Å². The summed E-state index contributed by atoms with van der Waals surface area (Å²) in [5.41, 5.74) is 1.46. The van der Waals surface area contributed by atoms with Crippen molar-refractivity contribution in [2.45, 2.75) is 25.3 Å². The van der Waals surface area contributed by atoms with Crippen molar-refractivity contribution in [3.8, 4) is 0 Å². The van der Waals surface area contributed by atoms with E-state index < -0.39 is 10.0 Å². The summed E-state index contributed by atoms with van der Waals surface area (Å²) >= 11 is 1.58. The molecule has 1 aromatic heterocycles. The Kier molecular flexibility index (Phi) is 5.98. The van der Waals surface area contributed by atoms with E-state index in [2.05, 4.69) is 5.32 Å². The average molecular weight is 367 g/mol. The normalized spacial score (nSPS) is 11.5. The van der Waals surface area contributed by atoms with Crippen LogP contribution < -0.4 is 10.5 Å². The molecule has 0 spiro atoms. The molecule has 0 saturated heterocycles. The van der Waals surface area contributed by atoms with E-state index in [1.54, 1.807) is 28.4 Å². The Balaban J connectivity index is 2.15. The van der Waals surface area contributed by atoms with Crippen molar-refractivity contribution in [3.05, 3.63) is 46.7 Å². The molecule has 24 heavy (non-hydrogen) atoms. The zero-order chi connectivity index (χ0) is 17.7. The minimum Gasteiger partial charge on any atom is -0.320 e. The molecular formula is C16H21N3O3S2. The Morgan fingerprint density at radius 3 is 2.67 bits per heavy atom. The van der Waals surface area contributed by atoms with Gasteiger partial charge in [0.2, 0.25) is 10.0 Å². The maximum absolute atomic E-state index is 12.6. The number of rotatable bonds is 6. The summed E-state index contributed by atoms with van der Waals surface area (Å²) in [6, 6.07) is 7.62. The Labute approximate surface area is 146 Å². The van der Waals surface area contributed by atoms with Gasteiger partial charge in [0.25, 0.3) is 0 Å². The van der Waals surface area contributed by atoms with Crippen LogP contribution in [0.2, 0.25) is 0 Å². The van der Waals surface area contributed by atoms with E-state index in [4.69, 9.17) is 5.14 Å². The van der Waals surface area contributed by atoms with Crippen molar-refractivity contribution < 1.29 is 13.2 Å². The molecule has 0 saturated carbocycles. The molecule has 8 heteroatoms. The van der Waals surface area contributed by atoms with E-state index in [0.717, 1.165) is 5.56 Å². The van der Waals surface area contributed by atoms with Gasteiger partial charge in [0.05, 0.1) is 4.90 Å². The van der Waals surface area contributed by atoms with Gasteiger partial charge >= 0.3 is 6.03 Å². The van der Waals surface area contributed by atoms with Crippen LogP contribution in [0, 0.1) is 5.92 Å². The van der Waals surface area contributed by atoms with Gasteiger partial charge in [-0.25, -0.2) is 18.4 Å². The summed E-state index contributed by atoms with van der Waals surface area (Å²) in [5.74, 6) is 0.310. The first-order valence-corrected chi connectivity index (χ1v) is 9.94. The molecule has 2 aromatic rings. The van der Waals surface area contributed by atoms with E-state index in [9.17, 15) is 13.2 Å². The fourth-order valence-electron chi connectivity index (χ4n) is 2.22. The van der Waals surface area contributed by atoms with Crippen LogP contribution in [0.4, 0.5) is 10.5 Å². The predicted octanol–water partition coefficient (Wildman–Crippen LogP) is 3.09. The Morgan fingerprint density at radius 1 is 1.33 bits per heavy atom. The number of thiophene rings is 1. The summed E-state index contributed by atoms with van der Waals surface area (Å²) in [6.45, 7) is 5.17. The molecule has 0 aliphatic rings. The minimum absolute atomic E-state index is 0.0338. The molecule has 1 aromatic carbocycles. The number of nitrogens with zero attached hydrogens (tertiary/aromatic N) is 1. The second-order valence-corrected chi connectivity index (χ2v) is 8.25. The Morgan fingerprint density at radius 2 is 2.08 bits per heavy atom. The summed E-state index contributed by atoms with van der Waals surface area (Å²) < 4.78 is 22.8. The van der Waals surface area contributed by atoms with Crippen molar-refractivity contribution in [1.29, 1.82) is 0 Å². The van der Waals surface area contributed by atoms with Gasteiger partial charge in [-0.3, -0.25) is 0 Å². The molecule has 2 amide bonds. The van der Waals surface area contributed by atoms with Gasteiger partial charge < -0.3 is 10.2 Å². The first-order valence-electron chi connectivity index (χ1n) is 7.45. The highest BCUT2D eigenvalue weighted by atomic mass is 32.2. The number of hydrogen-bond donors (Lipinski definition) is 2. The molecular weight excluding hydrogens is 346 g/mol. The monoisotopic (exact) mass is 367 g/mol. The van der Waals surface area contributed by atoms with Crippen molar-refractivity contribution in [2.24, 2.45) is 11.1 Å². The molecule has 2 rings (SSSR count). The van der Waals surface area contributed by atoms with Crippen LogP contribution in [0.5, 0.6) is 0 Å². The van der Waals surface area contributed by atoms with Gasteiger partial charge in [0.1, 0.15) is 0 Å². The van der Waals surface area contributed by atoms with Crippen LogP contribution in [-0.2, 0) is 16.6 Å². The number of nitrogens with two attached hydrogens (primary N) is 1. The smallest absolute Gasteiger partial charge is 0.320 e. The number of sulfonamides is 1. The molecule has 0 fully saturated rings. The van der Waals surface area contributed by atoms with E-state index in [0.29, 0.717) is 24.7 Å². The highest BCUT2D eigenvalue weighted by Crippen LogP contribution is 2.16. The summed E-state index contributed by atoms with van der Waals surface area (Å²) in [7, 11) is -3.80. The number of urea groups is 1. The van der Waals surface area contributed by atoms with E-state index >= 15 is 0 Å². The summed E-state index contributed by atoms with van der Waals surface area (Å²) in [6.07, 6.45) is 0. The molecule has 3 N–H and O–H groups in total. The SMILES string of the molecule is CC(C)CN(Cc1ccsc1)C(=O)Nc1cccc(S(N)(=O)=O)c1. The fraction of sp³-hybridized carbons (Fsp3) is 0.312. The second-order valence-electron chi connectivity index (χ2n) is 5.91. The number of nitrogens with one attached hydrogen (secondary N) is 1. The van der Waals surface area contributed by atoms with Gasteiger partial charge in [0.15, 0.2) is 0 Å². The molecule has 1 heterocycles. The number of anilines is 1. The molecule has 0 unspecified atom stereocenters. The van der Waals surface area contributed by atoms with Gasteiger partial charge in [-0.1, -0.05) is 19.9 Å². The van der Waals surface area contributed by atoms with E-state index in [1.165, 1.54) is 12.1 Å². The zero-order valence-corrected chi connectivity index (χ0v) is 15.2. The maximum atomic E-state index is 12.6. The first kappa shape index (κ1) is 18.4. The van der Waals surface area contributed by atoms with Gasteiger partial charge in [-0.15, -0.1) is 0 Å². The number of benzene rings is 1. The number of amides is 2. The molecule has 6 nitrogen and oxygen atoms in total. The van der Waals surface area contributed by atoms with Crippen LogP contribution >= 0.6 is 11.3 Å². The van der Waals surface area contributed by atoms with Crippen LogP contribution in [-0.4, -0.2) is 25.9 Å². The standard InChI is InChI=1S/C16H21N3O3S2/c1-12(2)9-19(10-13-6-7-23-11-13)16(20)18-14-4-3-5-15(8-14)24(17,21)22/h3-8,11-12H,9-10H2,1-2H3,(H,18,20)(H2,17,21,22). The lowest BCUT2D eigenvalue weighted by Gasteiger charge is -2.24. The van der Waals surface area contributed by atoms with Gasteiger partial charge in [0, 0.05) is 18.8 Å². The second kappa shape index (κ2) is 7.78. The van der Waals surface area contributed by atoms with Gasteiger partial charge in [-0.05, 0) is 46.5 Å². The average Bonchev–Trinajstić information content (AvgIpc) is 2.98. The lowest BCUT2D eigenvalue weighted by Crippen LogP contribution is -2.37. The van der Waals surface area contributed by atoms with E-state index in [1.807, 2.05) is 30.7 Å². The van der Waals surface area contributed by atoms with Crippen molar-refractivity contribution >= 4 is 33.1 Å². The maximum Gasteiger partial charge on any atom is 0.322 e. The predicted molar refractivity (Wildman–Crippen MR) is 96.4 cm³/mol. The third kappa shape index (κ3) is 5.33. The van der Waals surface area contributed by atoms with Crippen LogP contribution in [0.15, 0.2) is 46.0 Å². The highest BCUT2D eigenvalue weighted by molar-refractivity contribution is 7.89. The number of primary sulfonamides is 1. The summed E-state index contributed by atoms with van der Waals surface area (Å²) in [5, 5.41) is 11.8. The highest BCUT2D eigenvalue weighted by Gasteiger charge is 2.17. The quantitative estimate of drug-likeness (QED) is 0.822. The first-order chi connectivity index (χ1) is 11.3. The molecule has 130 valence electrons. The third-order valence-corrected chi connectivity index (χ3v) is 4.88. The molecule has 0 aliphatic heterocycles. The fourth-order valence-corrected chi connectivity index (χ4v) is 3.44. The minimum atomic E-state index is -3.80. The van der Waals surface area contributed by atoms with Crippen LogP contribution in [0.1, 0.15) is 19.4 Å².